The van der Waals surface area contributed by atoms with E-state index < -0.39 is 31.9 Å². The van der Waals surface area contributed by atoms with Crippen LogP contribution in [-0.2, 0) is 20.0 Å². The maximum atomic E-state index is 13.6. The molecule has 0 saturated carbocycles. The van der Waals surface area contributed by atoms with Crippen LogP contribution in [0, 0.1) is 12.7 Å². The van der Waals surface area contributed by atoms with E-state index in [0.717, 1.165) is 10.7 Å². The number of nitrogens with one attached hydrogen (secondary N) is 1. The molecule has 0 spiro atoms. The van der Waals surface area contributed by atoms with Crippen molar-refractivity contribution in [3.05, 3.63) is 95.3 Å². The smallest absolute Gasteiger partial charge is 0.279 e. The van der Waals surface area contributed by atoms with Crippen molar-refractivity contribution in [3.63, 3.8) is 0 Å². The number of aryl methyl sites for hydroxylation is 1. The van der Waals surface area contributed by atoms with Crippen LogP contribution in [0.5, 0.6) is 0 Å². The zero-order valence-electron chi connectivity index (χ0n) is 17.9. The fourth-order valence-corrected chi connectivity index (χ4v) is 5.96. The van der Waals surface area contributed by atoms with Crippen LogP contribution < -0.4 is 4.72 Å². The second-order valence-corrected chi connectivity index (χ2v) is 11.3. The summed E-state index contributed by atoms with van der Waals surface area (Å²) >= 11 is 0. The highest BCUT2D eigenvalue weighted by Crippen LogP contribution is 2.38. The molecule has 1 aliphatic rings. The molecule has 1 N–H and O–H groups in total. The lowest BCUT2D eigenvalue weighted by Crippen LogP contribution is -2.28. The lowest BCUT2D eigenvalue weighted by molar-refractivity contribution is 0.371. The standard InChI is InChI=1S/C23H22FN3O4S2/c1-16-6-3-4-9-23(16)33(30,31)27-22(17-10-12-19(24)13-11-17)15-21(25-27)18-7-5-8-20(14-18)26-32(2,28)29/h3-14,22,26H,15H2,1-2H3/t22-/m1/s1. The average Bonchev–Trinajstić information content (AvgIpc) is 3.20. The first-order valence-electron chi connectivity index (χ1n) is 10.1. The van der Waals surface area contributed by atoms with E-state index in [0.29, 0.717) is 28.1 Å². The van der Waals surface area contributed by atoms with E-state index in [9.17, 15) is 21.2 Å². The Morgan fingerprint density at radius 3 is 2.33 bits per heavy atom. The predicted molar refractivity (Wildman–Crippen MR) is 125 cm³/mol. The van der Waals surface area contributed by atoms with E-state index in [1.807, 2.05) is 0 Å². The molecule has 10 heteroatoms. The second-order valence-electron chi connectivity index (χ2n) is 7.82. The van der Waals surface area contributed by atoms with Crippen molar-refractivity contribution in [1.82, 2.24) is 4.41 Å². The molecule has 1 aliphatic heterocycles. The minimum Gasteiger partial charge on any atom is -0.284 e. The first kappa shape index (κ1) is 22.9. The van der Waals surface area contributed by atoms with Crippen LogP contribution in [-0.4, -0.2) is 33.2 Å². The quantitative estimate of drug-likeness (QED) is 0.568. The van der Waals surface area contributed by atoms with Gasteiger partial charge in [-0.25, -0.2) is 12.8 Å². The number of halogens is 1. The van der Waals surface area contributed by atoms with Crippen LogP contribution >= 0.6 is 0 Å². The number of hydrogen-bond acceptors (Lipinski definition) is 5. The van der Waals surface area contributed by atoms with Crippen molar-refractivity contribution in [3.8, 4) is 0 Å². The monoisotopic (exact) mass is 487 g/mol. The molecule has 0 aromatic heterocycles. The predicted octanol–water partition coefficient (Wildman–Crippen LogP) is 4.05. The van der Waals surface area contributed by atoms with Gasteiger partial charge in [-0.1, -0.05) is 42.5 Å². The molecule has 33 heavy (non-hydrogen) atoms. The Balaban J connectivity index is 1.80. The summed E-state index contributed by atoms with van der Waals surface area (Å²) in [6.07, 6.45) is 1.28. The van der Waals surface area contributed by atoms with Gasteiger partial charge in [0, 0.05) is 12.1 Å². The number of sulfonamides is 2. The van der Waals surface area contributed by atoms with E-state index in [-0.39, 0.29) is 11.3 Å². The third-order valence-corrected chi connectivity index (χ3v) is 7.69. The van der Waals surface area contributed by atoms with Gasteiger partial charge in [0.2, 0.25) is 10.0 Å². The Kier molecular flexibility index (Phi) is 5.98. The third-order valence-electron chi connectivity index (χ3n) is 5.24. The Labute approximate surface area is 192 Å². The Morgan fingerprint density at radius 2 is 1.67 bits per heavy atom. The van der Waals surface area contributed by atoms with Crippen LogP contribution in [0.25, 0.3) is 0 Å². The summed E-state index contributed by atoms with van der Waals surface area (Å²) < 4.78 is 67.4. The molecular weight excluding hydrogens is 465 g/mol. The molecule has 1 atom stereocenters. The molecule has 0 radical (unpaired) electrons. The SMILES string of the molecule is Cc1ccccc1S(=O)(=O)N1N=C(c2cccc(NS(C)(=O)=O)c2)C[C@@H]1c1ccc(F)cc1. The van der Waals surface area contributed by atoms with Gasteiger partial charge in [-0.2, -0.15) is 17.9 Å². The van der Waals surface area contributed by atoms with Crippen molar-refractivity contribution in [1.29, 1.82) is 0 Å². The number of nitrogens with zero attached hydrogens (tertiary/aromatic N) is 2. The summed E-state index contributed by atoms with van der Waals surface area (Å²) in [4.78, 5) is 0.134. The molecule has 0 bridgehead atoms. The van der Waals surface area contributed by atoms with Gasteiger partial charge in [-0.15, -0.1) is 0 Å². The fraction of sp³-hybridized carbons (Fsp3) is 0.174. The summed E-state index contributed by atoms with van der Waals surface area (Å²) in [7, 11) is -7.50. The number of anilines is 1. The van der Waals surface area contributed by atoms with Crippen LogP contribution in [0.1, 0.15) is 29.2 Å². The number of hydrogen-bond donors (Lipinski definition) is 1. The average molecular weight is 488 g/mol. The minimum atomic E-state index is -4.02. The van der Waals surface area contributed by atoms with Crippen molar-refractivity contribution in [2.45, 2.75) is 24.3 Å². The van der Waals surface area contributed by atoms with E-state index in [2.05, 4.69) is 9.82 Å². The molecule has 0 aliphatic carbocycles. The van der Waals surface area contributed by atoms with Gasteiger partial charge in [0.05, 0.1) is 22.9 Å². The molecule has 3 aromatic rings. The van der Waals surface area contributed by atoms with Gasteiger partial charge in [-0.05, 0) is 53.9 Å². The fourth-order valence-electron chi connectivity index (χ4n) is 3.74. The first-order chi connectivity index (χ1) is 15.5. The first-order valence-corrected chi connectivity index (χ1v) is 13.4. The number of benzene rings is 3. The Bertz CT molecular complexity index is 1440. The van der Waals surface area contributed by atoms with Crippen molar-refractivity contribution < 1.29 is 21.2 Å². The van der Waals surface area contributed by atoms with Crippen molar-refractivity contribution >= 4 is 31.4 Å². The summed E-state index contributed by atoms with van der Waals surface area (Å²) in [6.45, 7) is 1.71. The summed E-state index contributed by atoms with van der Waals surface area (Å²) in [5, 5.41) is 4.46. The lowest BCUT2D eigenvalue weighted by Gasteiger charge is -2.24. The molecular formula is C23H22FN3O4S2. The van der Waals surface area contributed by atoms with Crippen molar-refractivity contribution in [2.75, 3.05) is 11.0 Å². The summed E-state index contributed by atoms with van der Waals surface area (Å²) in [6, 6.07) is 18.2. The third kappa shape index (κ3) is 4.91. The van der Waals surface area contributed by atoms with Crippen LogP contribution in [0.2, 0.25) is 0 Å². The normalized spacial score (nSPS) is 16.5. The van der Waals surface area contributed by atoms with E-state index in [1.54, 1.807) is 61.5 Å². The van der Waals surface area contributed by atoms with E-state index in [1.165, 1.54) is 18.2 Å². The summed E-state index contributed by atoms with van der Waals surface area (Å²) in [5.74, 6) is -0.425. The van der Waals surface area contributed by atoms with Gasteiger partial charge in [0.25, 0.3) is 10.0 Å². The van der Waals surface area contributed by atoms with E-state index >= 15 is 0 Å². The molecule has 0 unspecified atom stereocenters. The molecule has 0 fully saturated rings. The number of rotatable bonds is 6. The highest BCUT2D eigenvalue weighted by atomic mass is 32.2. The van der Waals surface area contributed by atoms with Gasteiger partial charge in [0.1, 0.15) is 5.82 Å². The molecule has 4 rings (SSSR count). The van der Waals surface area contributed by atoms with Gasteiger partial charge in [0.15, 0.2) is 0 Å². The highest BCUT2D eigenvalue weighted by molar-refractivity contribution is 7.92. The van der Waals surface area contributed by atoms with E-state index in [4.69, 9.17) is 0 Å². The zero-order valence-corrected chi connectivity index (χ0v) is 19.6. The molecule has 172 valence electrons. The van der Waals surface area contributed by atoms with Gasteiger partial charge in [-0.3, -0.25) is 4.72 Å². The maximum Gasteiger partial charge on any atom is 0.279 e. The highest BCUT2D eigenvalue weighted by Gasteiger charge is 2.38. The van der Waals surface area contributed by atoms with Crippen LogP contribution in [0.15, 0.2) is 82.8 Å². The second kappa shape index (κ2) is 8.60. The maximum absolute atomic E-state index is 13.6. The van der Waals surface area contributed by atoms with Crippen molar-refractivity contribution in [2.24, 2.45) is 5.10 Å². The van der Waals surface area contributed by atoms with Crippen LogP contribution in [0.3, 0.4) is 0 Å². The zero-order chi connectivity index (χ0) is 23.8. The molecule has 0 saturated heterocycles. The molecule has 3 aromatic carbocycles. The summed E-state index contributed by atoms with van der Waals surface area (Å²) in [5.41, 5.74) is 2.57. The lowest BCUT2D eigenvalue weighted by atomic mass is 9.99. The van der Waals surface area contributed by atoms with Gasteiger partial charge < -0.3 is 0 Å². The topological polar surface area (TPSA) is 95.9 Å². The minimum absolute atomic E-state index is 0.134. The Morgan fingerprint density at radius 1 is 0.970 bits per heavy atom. The number of hydrazone groups is 1. The molecule has 7 nitrogen and oxygen atoms in total. The molecule has 1 heterocycles. The van der Waals surface area contributed by atoms with Gasteiger partial charge >= 0.3 is 0 Å². The largest absolute Gasteiger partial charge is 0.284 e. The van der Waals surface area contributed by atoms with Crippen LogP contribution in [0.4, 0.5) is 10.1 Å². The molecule has 0 amide bonds. The Hall–Kier alpha value is -3.24.